The number of nitrogens with zero attached hydrogens (tertiary/aromatic N) is 2. The second-order valence-corrected chi connectivity index (χ2v) is 15.3. The standard InChI is InChI=1S/C49H43BN2O/c1-32-27-33(2)47(34(3)28-32)46-31-45-49(53-46)50-41-26-25-38(36-17-9-5-10-18-36)30-44(41)52(40-22-13-19-37(29-40)35-15-7-4-8-16-35)43-24-14-23-42(48(43)50)51(45)39-20-11-6-12-21-39/h4-17,19-30,36,45-46,49H,18,31H2,1-3H3. The van der Waals surface area contributed by atoms with E-state index in [9.17, 15) is 0 Å². The quantitative estimate of drug-likeness (QED) is 0.168. The summed E-state index contributed by atoms with van der Waals surface area (Å²) in [6.45, 7) is 6.80. The zero-order chi connectivity index (χ0) is 35.6. The predicted octanol–water partition coefficient (Wildman–Crippen LogP) is 10.9. The van der Waals surface area contributed by atoms with Crippen molar-refractivity contribution in [1.82, 2.24) is 0 Å². The van der Waals surface area contributed by atoms with Crippen LogP contribution in [-0.2, 0) is 4.74 Å². The Labute approximate surface area is 314 Å². The summed E-state index contributed by atoms with van der Waals surface area (Å²) < 4.78 is 7.49. The van der Waals surface area contributed by atoms with E-state index in [1.807, 2.05) is 0 Å². The molecule has 3 aliphatic heterocycles. The molecule has 4 heteroatoms. The van der Waals surface area contributed by atoms with Crippen molar-refractivity contribution < 1.29 is 4.74 Å². The lowest BCUT2D eigenvalue weighted by molar-refractivity contribution is 0.0823. The molecule has 0 radical (unpaired) electrons. The fraction of sp³-hybridized carbons (Fsp3) is 0.184. The van der Waals surface area contributed by atoms with E-state index in [2.05, 4.69) is 188 Å². The van der Waals surface area contributed by atoms with Crippen molar-refractivity contribution in [2.45, 2.75) is 57.7 Å². The molecule has 0 N–H and O–H groups in total. The molecular weight excluding hydrogens is 643 g/mol. The van der Waals surface area contributed by atoms with Crippen LogP contribution in [0.2, 0.25) is 0 Å². The maximum Gasteiger partial charge on any atom is 0.252 e. The van der Waals surface area contributed by atoms with Crippen LogP contribution in [0, 0.1) is 20.8 Å². The van der Waals surface area contributed by atoms with Gasteiger partial charge in [0.2, 0.25) is 0 Å². The lowest BCUT2D eigenvalue weighted by Gasteiger charge is -2.48. The normalized spacial score (nSPS) is 21.0. The Morgan fingerprint density at radius 1 is 0.642 bits per heavy atom. The van der Waals surface area contributed by atoms with Crippen LogP contribution in [0.1, 0.15) is 52.7 Å². The van der Waals surface area contributed by atoms with Gasteiger partial charge in [0.15, 0.2) is 0 Å². The fourth-order valence-corrected chi connectivity index (χ4v) is 9.93. The van der Waals surface area contributed by atoms with Gasteiger partial charge in [-0.15, -0.1) is 0 Å². The summed E-state index contributed by atoms with van der Waals surface area (Å²) in [6.07, 6.45) is 11.0. The summed E-state index contributed by atoms with van der Waals surface area (Å²) in [5, 5.41) is 0. The molecule has 258 valence electrons. The van der Waals surface area contributed by atoms with Gasteiger partial charge in [0.25, 0.3) is 6.71 Å². The second-order valence-electron chi connectivity index (χ2n) is 15.3. The minimum Gasteiger partial charge on any atom is -0.375 e. The number of anilines is 5. The minimum absolute atomic E-state index is 0.0112. The summed E-state index contributed by atoms with van der Waals surface area (Å²) >= 11 is 0. The van der Waals surface area contributed by atoms with Gasteiger partial charge in [-0.3, -0.25) is 0 Å². The highest BCUT2D eigenvalue weighted by Gasteiger charge is 2.55. The van der Waals surface area contributed by atoms with E-state index >= 15 is 0 Å². The van der Waals surface area contributed by atoms with E-state index in [-0.39, 0.29) is 24.9 Å². The van der Waals surface area contributed by atoms with Gasteiger partial charge >= 0.3 is 0 Å². The van der Waals surface area contributed by atoms with Gasteiger partial charge in [0.1, 0.15) is 0 Å². The first-order valence-electron chi connectivity index (χ1n) is 19.2. The maximum atomic E-state index is 7.49. The Hall–Kier alpha value is -5.58. The Kier molecular flexibility index (Phi) is 7.77. The Morgan fingerprint density at radius 3 is 2.13 bits per heavy atom. The first-order chi connectivity index (χ1) is 26.0. The summed E-state index contributed by atoms with van der Waals surface area (Å²) in [5.74, 6) is 0.350. The average molecular weight is 687 g/mol. The summed E-state index contributed by atoms with van der Waals surface area (Å²) in [4.78, 5) is 5.14. The molecule has 3 heterocycles. The molecule has 4 aliphatic rings. The van der Waals surface area contributed by atoms with E-state index in [1.54, 1.807) is 0 Å². The van der Waals surface area contributed by atoms with Crippen molar-refractivity contribution >= 4 is 46.1 Å². The number of allylic oxidation sites excluding steroid dienone is 4. The smallest absolute Gasteiger partial charge is 0.252 e. The molecule has 0 spiro atoms. The number of rotatable bonds is 5. The number of aryl methyl sites for hydroxylation is 3. The van der Waals surface area contributed by atoms with Crippen molar-refractivity contribution in [2.24, 2.45) is 0 Å². The second kappa shape index (κ2) is 12.8. The van der Waals surface area contributed by atoms with E-state index in [0.717, 1.165) is 12.8 Å². The largest absolute Gasteiger partial charge is 0.375 e. The Morgan fingerprint density at radius 2 is 1.36 bits per heavy atom. The molecule has 4 atom stereocenters. The first-order valence-corrected chi connectivity index (χ1v) is 19.2. The molecule has 1 saturated heterocycles. The molecule has 0 amide bonds. The highest BCUT2D eigenvalue weighted by molar-refractivity contribution is 6.91. The van der Waals surface area contributed by atoms with Crippen molar-refractivity contribution in [3.63, 3.8) is 0 Å². The molecular formula is C49H43BN2O. The summed E-state index contributed by atoms with van der Waals surface area (Å²) in [6, 6.07) is 49.8. The molecule has 0 bridgehead atoms. The van der Waals surface area contributed by atoms with Gasteiger partial charge in [-0.25, -0.2) is 0 Å². The monoisotopic (exact) mass is 686 g/mol. The van der Waals surface area contributed by atoms with E-state index in [4.69, 9.17) is 4.74 Å². The van der Waals surface area contributed by atoms with E-state index in [1.165, 1.54) is 78.3 Å². The third kappa shape index (κ3) is 5.30. The Bertz CT molecular complexity index is 2390. The van der Waals surface area contributed by atoms with Gasteiger partial charge in [-0.2, -0.15) is 0 Å². The van der Waals surface area contributed by atoms with Crippen molar-refractivity contribution in [3.8, 4) is 11.1 Å². The predicted molar refractivity (Wildman–Crippen MR) is 222 cm³/mol. The molecule has 4 unspecified atom stereocenters. The lowest BCUT2D eigenvalue weighted by atomic mass is 9.32. The van der Waals surface area contributed by atoms with Gasteiger partial charge in [-0.1, -0.05) is 121 Å². The average Bonchev–Trinajstić information content (AvgIpc) is 3.62. The van der Waals surface area contributed by atoms with Crippen LogP contribution in [0.15, 0.2) is 158 Å². The van der Waals surface area contributed by atoms with Crippen LogP contribution >= 0.6 is 0 Å². The summed E-state index contributed by atoms with van der Waals surface area (Å²) in [5.41, 5.74) is 17.9. The van der Waals surface area contributed by atoms with Gasteiger partial charge in [0.05, 0.1) is 18.1 Å². The highest BCUT2D eigenvalue weighted by Crippen LogP contribution is 2.50. The van der Waals surface area contributed by atoms with E-state index < -0.39 is 0 Å². The lowest BCUT2D eigenvalue weighted by Crippen LogP contribution is -2.66. The number of hydrogen-bond acceptors (Lipinski definition) is 3. The number of fused-ring (bicyclic) bond motifs is 4. The summed E-state index contributed by atoms with van der Waals surface area (Å²) in [7, 11) is 0. The van der Waals surface area contributed by atoms with Gasteiger partial charge < -0.3 is 14.5 Å². The van der Waals surface area contributed by atoms with Crippen LogP contribution < -0.4 is 20.7 Å². The topological polar surface area (TPSA) is 15.7 Å². The number of benzene rings is 6. The molecule has 10 rings (SSSR count). The third-order valence-corrected chi connectivity index (χ3v) is 12.0. The third-order valence-electron chi connectivity index (χ3n) is 12.0. The van der Waals surface area contributed by atoms with Crippen LogP contribution in [0.4, 0.5) is 28.4 Å². The fourth-order valence-electron chi connectivity index (χ4n) is 9.93. The minimum atomic E-state index is -0.0335. The van der Waals surface area contributed by atoms with E-state index in [0.29, 0.717) is 5.92 Å². The van der Waals surface area contributed by atoms with Crippen LogP contribution in [0.5, 0.6) is 0 Å². The molecule has 6 aromatic rings. The van der Waals surface area contributed by atoms with Crippen molar-refractivity contribution in [1.29, 1.82) is 0 Å². The first kappa shape index (κ1) is 32.1. The molecule has 0 aromatic heterocycles. The molecule has 1 aliphatic carbocycles. The van der Waals surface area contributed by atoms with Crippen LogP contribution in [-0.4, -0.2) is 18.8 Å². The number of para-hydroxylation sites is 1. The molecule has 0 saturated carbocycles. The zero-order valence-electron chi connectivity index (χ0n) is 30.6. The molecule has 3 nitrogen and oxygen atoms in total. The Balaban J connectivity index is 1.20. The molecule has 53 heavy (non-hydrogen) atoms. The van der Waals surface area contributed by atoms with Crippen molar-refractivity contribution in [3.05, 3.63) is 186 Å². The van der Waals surface area contributed by atoms with Crippen LogP contribution in [0.25, 0.3) is 11.1 Å². The maximum absolute atomic E-state index is 7.49. The van der Waals surface area contributed by atoms with Gasteiger partial charge in [0, 0.05) is 40.8 Å². The van der Waals surface area contributed by atoms with Gasteiger partial charge in [-0.05, 0) is 114 Å². The number of ether oxygens (including phenoxy) is 1. The highest BCUT2D eigenvalue weighted by atomic mass is 16.5. The number of hydrogen-bond donors (Lipinski definition) is 0. The molecule has 6 aromatic carbocycles. The van der Waals surface area contributed by atoms with Crippen molar-refractivity contribution in [2.75, 3.05) is 9.80 Å². The van der Waals surface area contributed by atoms with Crippen LogP contribution in [0.3, 0.4) is 0 Å². The SMILES string of the molecule is Cc1cc(C)c(C2CC3C(O2)B2c4ccc(C5C=CC=CC5)cc4N(c4cccc(-c5ccccc5)c4)c4cccc(c42)N3c2ccccc2)c(C)c1. The zero-order valence-corrected chi connectivity index (χ0v) is 30.6. The molecule has 1 fully saturated rings.